The Labute approximate surface area is 132 Å². The van der Waals surface area contributed by atoms with Crippen LogP contribution in [0.2, 0.25) is 0 Å². The van der Waals surface area contributed by atoms with Gasteiger partial charge in [0.15, 0.2) is 0 Å². The van der Waals surface area contributed by atoms with Crippen LogP contribution in [0, 0.1) is 13.8 Å². The van der Waals surface area contributed by atoms with Gasteiger partial charge in [0.05, 0.1) is 11.4 Å². The minimum Gasteiger partial charge on any atom is -0.299 e. The SMILES string of the molecule is Cc1nn(C)c(C)c1S(=O)(=O)N[C@@H]1CCN(C2CCCC2)C1. The maximum atomic E-state index is 12.7. The summed E-state index contributed by atoms with van der Waals surface area (Å²) in [6.45, 7) is 5.39. The van der Waals surface area contributed by atoms with E-state index >= 15 is 0 Å². The number of rotatable bonds is 4. The minimum atomic E-state index is -3.49. The average molecular weight is 326 g/mol. The van der Waals surface area contributed by atoms with Gasteiger partial charge in [-0.2, -0.15) is 5.10 Å². The van der Waals surface area contributed by atoms with E-state index in [2.05, 4.69) is 14.7 Å². The van der Waals surface area contributed by atoms with E-state index in [0.29, 0.717) is 22.3 Å². The van der Waals surface area contributed by atoms with Crippen LogP contribution in [-0.2, 0) is 17.1 Å². The number of aryl methyl sites for hydroxylation is 2. The van der Waals surface area contributed by atoms with Crippen LogP contribution in [0.25, 0.3) is 0 Å². The van der Waals surface area contributed by atoms with Crippen LogP contribution < -0.4 is 4.72 Å². The second kappa shape index (κ2) is 5.94. The first-order chi connectivity index (χ1) is 10.4. The highest BCUT2D eigenvalue weighted by molar-refractivity contribution is 7.89. The summed E-state index contributed by atoms with van der Waals surface area (Å²) in [7, 11) is -1.71. The number of nitrogens with one attached hydrogen (secondary N) is 1. The van der Waals surface area contributed by atoms with Crippen molar-refractivity contribution in [2.75, 3.05) is 13.1 Å². The lowest BCUT2D eigenvalue weighted by atomic mass is 10.2. The fourth-order valence-corrected chi connectivity index (χ4v) is 5.61. The molecule has 0 amide bonds. The first-order valence-electron chi connectivity index (χ1n) is 8.15. The molecule has 2 aliphatic rings. The number of nitrogens with zero attached hydrogens (tertiary/aromatic N) is 3. The van der Waals surface area contributed by atoms with Crippen molar-refractivity contribution in [1.82, 2.24) is 19.4 Å². The third-order valence-electron chi connectivity index (χ3n) is 5.09. The zero-order valence-corrected chi connectivity index (χ0v) is 14.5. The quantitative estimate of drug-likeness (QED) is 0.906. The van der Waals surface area contributed by atoms with Crippen LogP contribution in [0.3, 0.4) is 0 Å². The molecule has 1 aromatic rings. The summed E-state index contributed by atoms with van der Waals surface area (Å²) < 4.78 is 29.9. The van der Waals surface area contributed by atoms with E-state index in [1.807, 2.05) is 0 Å². The van der Waals surface area contributed by atoms with Crippen LogP contribution in [0.15, 0.2) is 4.90 Å². The minimum absolute atomic E-state index is 0.0182. The number of hydrogen-bond acceptors (Lipinski definition) is 4. The van der Waals surface area contributed by atoms with E-state index in [0.717, 1.165) is 19.5 Å². The molecule has 124 valence electrons. The lowest BCUT2D eigenvalue weighted by Crippen LogP contribution is -2.39. The summed E-state index contributed by atoms with van der Waals surface area (Å²) in [5.74, 6) is 0. The molecule has 0 spiro atoms. The largest absolute Gasteiger partial charge is 0.299 e. The van der Waals surface area contributed by atoms with Crippen molar-refractivity contribution in [1.29, 1.82) is 0 Å². The molecule has 3 rings (SSSR count). The molecule has 7 heteroatoms. The summed E-state index contributed by atoms with van der Waals surface area (Å²) in [5, 5.41) is 4.22. The van der Waals surface area contributed by atoms with Crippen molar-refractivity contribution in [2.45, 2.75) is 62.9 Å². The summed E-state index contributed by atoms with van der Waals surface area (Å²) in [4.78, 5) is 2.80. The van der Waals surface area contributed by atoms with E-state index in [1.54, 1.807) is 25.6 Å². The molecular weight excluding hydrogens is 300 g/mol. The highest BCUT2D eigenvalue weighted by Gasteiger charge is 2.33. The van der Waals surface area contributed by atoms with Crippen molar-refractivity contribution < 1.29 is 8.42 Å². The molecule has 1 N–H and O–H groups in total. The van der Waals surface area contributed by atoms with E-state index in [-0.39, 0.29) is 6.04 Å². The number of aromatic nitrogens is 2. The third kappa shape index (κ3) is 2.94. The molecule has 1 aliphatic heterocycles. The lowest BCUT2D eigenvalue weighted by molar-refractivity contribution is 0.242. The molecule has 1 saturated carbocycles. The average Bonchev–Trinajstić information content (AvgIpc) is 3.11. The van der Waals surface area contributed by atoms with Crippen LogP contribution in [0.4, 0.5) is 0 Å². The van der Waals surface area contributed by atoms with E-state index in [9.17, 15) is 8.42 Å². The molecule has 0 aromatic carbocycles. The third-order valence-corrected chi connectivity index (χ3v) is 6.87. The zero-order chi connectivity index (χ0) is 15.9. The Hall–Kier alpha value is -0.920. The van der Waals surface area contributed by atoms with Gasteiger partial charge < -0.3 is 0 Å². The van der Waals surface area contributed by atoms with Gasteiger partial charge in [-0.3, -0.25) is 9.58 Å². The Morgan fingerprint density at radius 2 is 1.86 bits per heavy atom. The predicted molar refractivity (Wildman–Crippen MR) is 85.2 cm³/mol. The highest BCUT2D eigenvalue weighted by Crippen LogP contribution is 2.27. The molecule has 1 aliphatic carbocycles. The molecule has 22 heavy (non-hydrogen) atoms. The molecule has 1 saturated heterocycles. The van der Waals surface area contributed by atoms with Gasteiger partial charge in [0.2, 0.25) is 10.0 Å². The Kier molecular flexibility index (Phi) is 4.31. The van der Waals surface area contributed by atoms with Crippen molar-refractivity contribution in [3.8, 4) is 0 Å². The van der Waals surface area contributed by atoms with Gasteiger partial charge in [0, 0.05) is 32.2 Å². The molecule has 0 radical (unpaired) electrons. The first kappa shape index (κ1) is 16.0. The van der Waals surface area contributed by atoms with Gasteiger partial charge in [-0.1, -0.05) is 12.8 Å². The van der Waals surface area contributed by atoms with Gasteiger partial charge in [-0.25, -0.2) is 13.1 Å². The van der Waals surface area contributed by atoms with Crippen molar-refractivity contribution in [3.63, 3.8) is 0 Å². The molecular formula is C15H26N4O2S. The van der Waals surface area contributed by atoms with Crippen LogP contribution >= 0.6 is 0 Å². The van der Waals surface area contributed by atoms with Crippen molar-refractivity contribution in [3.05, 3.63) is 11.4 Å². The lowest BCUT2D eigenvalue weighted by Gasteiger charge is -2.23. The second-order valence-electron chi connectivity index (χ2n) is 6.66. The van der Waals surface area contributed by atoms with Gasteiger partial charge in [0.25, 0.3) is 0 Å². The van der Waals surface area contributed by atoms with E-state index < -0.39 is 10.0 Å². The smallest absolute Gasteiger partial charge is 0.244 e. The number of sulfonamides is 1. The van der Waals surface area contributed by atoms with Gasteiger partial charge in [0.1, 0.15) is 4.90 Å². The molecule has 2 fully saturated rings. The van der Waals surface area contributed by atoms with E-state index in [4.69, 9.17) is 0 Å². The Morgan fingerprint density at radius 3 is 2.45 bits per heavy atom. The monoisotopic (exact) mass is 326 g/mol. The number of hydrogen-bond donors (Lipinski definition) is 1. The first-order valence-corrected chi connectivity index (χ1v) is 9.63. The summed E-state index contributed by atoms with van der Waals surface area (Å²) in [5.41, 5.74) is 1.26. The molecule has 1 atom stereocenters. The van der Waals surface area contributed by atoms with Crippen LogP contribution in [0.1, 0.15) is 43.5 Å². The zero-order valence-electron chi connectivity index (χ0n) is 13.7. The summed E-state index contributed by atoms with van der Waals surface area (Å²) in [6.07, 6.45) is 6.05. The normalized spacial score (nSPS) is 24.4. The molecule has 0 unspecified atom stereocenters. The summed E-state index contributed by atoms with van der Waals surface area (Å²) >= 11 is 0. The van der Waals surface area contributed by atoms with Gasteiger partial charge in [-0.15, -0.1) is 0 Å². The Balaban J connectivity index is 1.70. The molecule has 0 bridgehead atoms. The van der Waals surface area contributed by atoms with Crippen LogP contribution in [-0.4, -0.2) is 48.3 Å². The van der Waals surface area contributed by atoms with Gasteiger partial charge in [-0.05, 0) is 33.1 Å². The van der Waals surface area contributed by atoms with E-state index in [1.165, 1.54) is 25.7 Å². The fourth-order valence-electron chi connectivity index (χ4n) is 3.91. The standard InChI is InChI=1S/C15H26N4O2S/c1-11-15(12(2)18(3)16-11)22(20,21)17-13-8-9-19(10-13)14-6-4-5-7-14/h13-14,17H,4-10H2,1-3H3/t13-/m1/s1. The maximum Gasteiger partial charge on any atom is 0.244 e. The Morgan fingerprint density at radius 1 is 1.18 bits per heavy atom. The molecule has 2 heterocycles. The second-order valence-corrected chi connectivity index (χ2v) is 8.31. The Bertz CT molecular complexity index is 647. The predicted octanol–water partition coefficient (Wildman–Crippen LogP) is 1.33. The van der Waals surface area contributed by atoms with Crippen LogP contribution in [0.5, 0.6) is 0 Å². The van der Waals surface area contributed by atoms with Crippen molar-refractivity contribution in [2.24, 2.45) is 7.05 Å². The molecule has 6 nitrogen and oxygen atoms in total. The highest BCUT2D eigenvalue weighted by atomic mass is 32.2. The summed E-state index contributed by atoms with van der Waals surface area (Å²) in [6, 6.07) is 0.681. The molecule has 1 aromatic heterocycles. The number of likely N-dealkylation sites (tertiary alicyclic amines) is 1. The fraction of sp³-hybridized carbons (Fsp3) is 0.800. The van der Waals surface area contributed by atoms with Gasteiger partial charge >= 0.3 is 0 Å². The maximum absolute atomic E-state index is 12.7. The topological polar surface area (TPSA) is 67.2 Å². The van der Waals surface area contributed by atoms with Crippen molar-refractivity contribution >= 4 is 10.0 Å².